The van der Waals surface area contributed by atoms with Crippen molar-refractivity contribution in [3.8, 4) is 51.0 Å². The molecule has 4 nitrogen and oxygen atoms in total. The van der Waals surface area contributed by atoms with Gasteiger partial charge in [0.05, 0.1) is 11.0 Å². The Hall–Kier alpha value is -6.99. The van der Waals surface area contributed by atoms with Gasteiger partial charge in [-0.1, -0.05) is 140 Å². The van der Waals surface area contributed by atoms with Crippen molar-refractivity contribution in [2.45, 2.75) is 0 Å². The van der Waals surface area contributed by atoms with E-state index in [1.165, 1.54) is 73.3 Å². The Balaban J connectivity index is 1.03. The molecule has 0 aliphatic heterocycles. The van der Waals surface area contributed by atoms with Crippen molar-refractivity contribution < 1.29 is 0 Å². The molecule has 0 unspecified atom stereocenters. The molecule has 0 N–H and O–H groups in total. The van der Waals surface area contributed by atoms with Crippen LogP contribution >= 0.6 is 22.7 Å². The summed E-state index contributed by atoms with van der Waals surface area (Å²) in [7, 11) is 0. The molecule has 0 aliphatic rings. The highest BCUT2D eigenvalue weighted by atomic mass is 32.1. The SMILES string of the molecule is c1ccc(-c2nc(-c3ccc4c(c3)sc3c(-c5ccc6c7ccccc7n(-c7ccccc7)c6c5)cccc34)nc(-c3cccc4sc5ccccc5c34)n2)cc1. The molecule has 266 valence electrons. The fourth-order valence-electron chi connectivity index (χ4n) is 8.46. The topological polar surface area (TPSA) is 43.6 Å². The van der Waals surface area contributed by atoms with E-state index in [0.29, 0.717) is 17.5 Å². The quantitative estimate of drug-likeness (QED) is 0.175. The van der Waals surface area contributed by atoms with Gasteiger partial charge in [-0.2, -0.15) is 0 Å². The molecular formula is C51H30N4S2. The summed E-state index contributed by atoms with van der Waals surface area (Å²) in [5.41, 5.74) is 8.93. The fourth-order valence-corrected chi connectivity index (χ4v) is 10.9. The summed E-state index contributed by atoms with van der Waals surface area (Å²) in [6.45, 7) is 0. The lowest BCUT2D eigenvalue weighted by Gasteiger charge is -2.09. The highest BCUT2D eigenvalue weighted by molar-refractivity contribution is 7.26. The number of rotatable bonds is 5. The van der Waals surface area contributed by atoms with Gasteiger partial charge in [0.2, 0.25) is 0 Å². The van der Waals surface area contributed by atoms with Crippen molar-refractivity contribution in [2.75, 3.05) is 0 Å². The van der Waals surface area contributed by atoms with Gasteiger partial charge in [-0.3, -0.25) is 0 Å². The second-order valence-electron chi connectivity index (χ2n) is 14.4. The summed E-state index contributed by atoms with van der Waals surface area (Å²) < 4.78 is 7.33. The largest absolute Gasteiger partial charge is 0.309 e. The van der Waals surface area contributed by atoms with E-state index in [1.54, 1.807) is 11.3 Å². The van der Waals surface area contributed by atoms with Gasteiger partial charge >= 0.3 is 0 Å². The van der Waals surface area contributed by atoms with E-state index < -0.39 is 0 Å². The van der Waals surface area contributed by atoms with Gasteiger partial charge in [-0.05, 0) is 53.6 Å². The highest BCUT2D eigenvalue weighted by Gasteiger charge is 2.19. The number of hydrogen-bond acceptors (Lipinski definition) is 5. The van der Waals surface area contributed by atoms with Crippen molar-refractivity contribution in [2.24, 2.45) is 0 Å². The standard InChI is InChI=1S/C51H30N4S2/c1-3-13-31(14-4-1)49-52-50(54-51(53-49)41-21-12-24-45-47(41)40-18-8-10-23-44(40)56-45)33-26-28-38-39-20-11-19-35(48(39)57-46(38)30-33)32-25-27-37-36-17-7-9-22-42(36)55(43(37)29-32)34-15-5-2-6-16-34/h1-30H. The van der Waals surface area contributed by atoms with Crippen LogP contribution in [0.15, 0.2) is 182 Å². The zero-order valence-corrected chi connectivity index (χ0v) is 32.1. The van der Waals surface area contributed by atoms with E-state index in [2.05, 4.69) is 168 Å². The maximum Gasteiger partial charge on any atom is 0.164 e. The predicted octanol–water partition coefficient (Wildman–Crippen LogP) is 14.4. The average Bonchev–Trinajstić information content (AvgIpc) is 3.96. The number of para-hydroxylation sites is 2. The third kappa shape index (κ3) is 5.15. The van der Waals surface area contributed by atoms with E-state index in [4.69, 9.17) is 15.0 Å². The number of thiophene rings is 2. The Labute approximate surface area is 335 Å². The van der Waals surface area contributed by atoms with Gasteiger partial charge in [0, 0.05) is 73.5 Å². The first-order valence-corrected chi connectivity index (χ1v) is 20.7. The van der Waals surface area contributed by atoms with Gasteiger partial charge in [0.15, 0.2) is 17.5 Å². The van der Waals surface area contributed by atoms with Crippen LogP contribution < -0.4 is 0 Å². The van der Waals surface area contributed by atoms with Crippen LogP contribution in [-0.4, -0.2) is 19.5 Å². The number of hydrogen-bond donors (Lipinski definition) is 0. The van der Waals surface area contributed by atoms with Gasteiger partial charge in [-0.15, -0.1) is 22.7 Å². The Morgan fingerprint density at radius 2 is 0.982 bits per heavy atom. The summed E-state index contributed by atoms with van der Waals surface area (Å²) in [5, 5.41) is 7.39. The molecule has 0 fully saturated rings. The molecule has 0 saturated heterocycles. The Kier molecular flexibility index (Phi) is 7.24. The molecular weight excluding hydrogens is 733 g/mol. The summed E-state index contributed by atoms with van der Waals surface area (Å²) in [5.74, 6) is 2.00. The lowest BCUT2D eigenvalue weighted by atomic mass is 10.0. The highest BCUT2D eigenvalue weighted by Crippen LogP contribution is 2.44. The Bertz CT molecular complexity index is 3530. The molecule has 0 spiro atoms. The van der Waals surface area contributed by atoms with E-state index >= 15 is 0 Å². The number of aromatic nitrogens is 4. The molecule has 4 heterocycles. The molecule has 0 atom stereocenters. The zero-order valence-electron chi connectivity index (χ0n) is 30.4. The first kappa shape index (κ1) is 32.3. The first-order valence-electron chi connectivity index (χ1n) is 19.0. The zero-order chi connectivity index (χ0) is 37.5. The van der Waals surface area contributed by atoms with E-state index in [1.807, 2.05) is 29.5 Å². The van der Waals surface area contributed by atoms with E-state index in [9.17, 15) is 0 Å². The van der Waals surface area contributed by atoms with Crippen molar-refractivity contribution in [1.82, 2.24) is 19.5 Å². The van der Waals surface area contributed by atoms with Crippen LogP contribution in [0, 0.1) is 0 Å². The van der Waals surface area contributed by atoms with Crippen LogP contribution in [0.2, 0.25) is 0 Å². The van der Waals surface area contributed by atoms with Gasteiger partial charge in [0.25, 0.3) is 0 Å². The fraction of sp³-hybridized carbons (Fsp3) is 0. The molecule has 0 saturated carbocycles. The van der Waals surface area contributed by atoms with Crippen molar-refractivity contribution >= 4 is 84.8 Å². The van der Waals surface area contributed by atoms with Crippen LogP contribution in [0.25, 0.3) is 113 Å². The van der Waals surface area contributed by atoms with Gasteiger partial charge < -0.3 is 4.57 Å². The van der Waals surface area contributed by atoms with Crippen molar-refractivity contribution in [1.29, 1.82) is 0 Å². The normalized spacial score (nSPS) is 11.9. The molecule has 8 aromatic carbocycles. The van der Waals surface area contributed by atoms with E-state index in [-0.39, 0.29) is 0 Å². The Morgan fingerprint density at radius 3 is 1.86 bits per heavy atom. The monoisotopic (exact) mass is 762 g/mol. The summed E-state index contributed by atoms with van der Waals surface area (Å²) in [6, 6.07) is 64.9. The minimum Gasteiger partial charge on any atom is -0.309 e. The second kappa shape index (κ2) is 12.8. The lowest BCUT2D eigenvalue weighted by molar-refractivity contribution is 1.08. The summed E-state index contributed by atoms with van der Waals surface area (Å²) in [4.78, 5) is 15.5. The number of fused-ring (bicyclic) bond motifs is 9. The van der Waals surface area contributed by atoms with Crippen LogP contribution in [0.5, 0.6) is 0 Å². The number of nitrogens with zero attached hydrogens (tertiary/aromatic N) is 4. The second-order valence-corrected chi connectivity index (χ2v) is 16.5. The van der Waals surface area contributed by atoms with Crippen LogP contribution in [0.3, 0.4) is 0 Å². The minimum absolute atomic E-state index is 0.661. The Morgan fingerprint density at radius 1 is 0.351 bits per heavy atom. The maximum absolute atomic E-state index is 5.23. The molecule has 4 aromatic heterocycles. The van der Waals surface area contributed by atoms with Gasteiger partial charge in [0.1, 0.15) is 0 Å². The molecule has 12 aromatic rings. The first-order chi connectivity index (χ1) is 28.2. The van der Waals surface area contributed by atoms with E-state index in [0.717, 1.165) is 22.4 Å². The van der Waals surface area contributed by atoms with Crippen LogP contribution in [0.4, 0.5) is 0 Å². The third-order valence-electron chi connectivity index (χ3n) is 11.1. The molecule has 0 aliphatic carbocycles. The smallest absolute Gasteiger partial charge is 0.164 e. The maximum atomic E-state index is 5.23. The predicted molar refractivity (Wildman–Crippen MR) is 242 cm³/mol. The minimum atomic E-state index is 0.661. The van der Waals surface area contributed by atoms with Crippen LogP contribution in [0.1, 0.15) is 0 Å². The third-order valence-corrected chi connectivity index (χ3v) is 13.4. The average molecular weight is 763 g/mol. The molecule has 0 bridgehead atoms. The van der Waals surface area contributed by atoms with Crippen molar-refractivity contribution in [3.63, 3.8) is 0 Å². The molecule has 12 rings (SSSR count). The molecule has 57 heavy (non-hydrogen) atoms. The molecule has 0 radical (unpaired) electrons. The summed E-state index contributed by atoms with van der Waals surface area (Å²) >= 11 is 3.64. The summed E-state index contributed by atoms with van der Waals surface area (Å²) in [6.07, 6.45) is 0. The molecule has 6 heteroatoms. The van der Waals surface area contributed by atoms with Crippen LogP contribution in [-0.2, 0) is 0 Å². The number of benzene rings is 8. The van der Waals surface area contributed by atoms with Crippen molar-refractivity contribution in [3.05, 3.63) is 182 Å². The van der Waals surface area contributed by atoms with Gasteiger partial charge in [-0.25, -0.2) is 15.0 Å². The molecule has 0 amide bonds. The lowest BCUT2D eigenvalue weighted by Crippen LogP contribution is -2.00.